The number of anilines is 2. The Balaban J connectivity index is 1.51. The summed E-state index contributed by atoms with van der Waals surface area (Å²) in [5.41, 5.74) is 5.10. The van der Waals surface area contributed by atoms with Gasteiger partial charge in [-0.2, -0.15) is 4.98 Å². The molecular formula is C19H21N5OS. The lowest BCUT2D eigenvalue weighted by Crippen LogP contribution is -2.34. The van der Waals surface area contributed by atoms with E-state index in [0.29, 0.717) is 11.8 Å². The average molecular weight is 367 g/mol. The molecule has 0 spiro atoms. The van der Waals surface area contributed by atoms with Crippen LogP contribution in [0.5, 0.6) is 5.88 Å². The van der Waals surface area contributed by atoms with Crippen molar-refractivity contribution in [3.63, 3.8) is 0 Å². The molecule has 0 unspecified atom stereocenters. The topological polar surface area (TPSA) is 72.0 Å². The molecule has 0 atom stereocenters. The lowest BCUT2D eigenvalue weighted by molar-refractivity contribution is 0.156. The Morgan fingerprint density at radius 3 is 2.92 bits per heavy atom. The zero-order chi connectivity index (χ0) is 17.8. The molecule has 1 aromatic carbocycles. The van der Waals surface area contributed by atoms with Gasteiger partial charge in [0.2, 0.25) is 11.8 Å². The molecule has 1 saturated heterocycles. The second-order valence-electron chi connectivity index (χ2n) is 6.36. The van der Waals surface area contributed by atoms with Crippen molar-refractivity contribution in [2.24, 2.45) is 0 Å². The third kappa shape index (κ3) is 4.17. The number of thiazole rings is 1. The van der Waals surface area contributed by atoms with Crippen molar-refractivity contribution < 1.29 is 4.74 Å². The van der Waals surface area contributed by atoms with Crippen molar-refractivity contribution in [2.45, 2.75) is 25.9 Å². The molecule has 134 valence electrons. The van der Waals surface area contributed by atoms with Crippen molar-refractivity contribution in [2.75, 3.05) is 18.4 Å². The fraction of sp³-hybridized carbons (Fsp3) is 0.316. The van der Waals surface area contributed by atoms with Crippen LogP contribution in [-0.4, -0.2) is 34.1 Å². The summed E-state index contributed by atoms with van der Waals surface area (Å²) in [6.07, 6.45) is 5.83. The Morgan fingerprint density at radius 2 is 2.12 bits per heavy atom. The van der Waals surface area contributed by atoms with Gasteiger partial charge in [0.15, 0.2) is 0 Å². The maximum atomic E-state index is 6.00. The summed E-state index contributed by atoms with van der Waals surface area (Å²) >= 11 is 1.63. The molecule has 1 fully saturated rings. The predicted octanol–water partition coefficient (Wildman–Crippen LogP) is 3.78. The molecule has 0 saturated carbocycles. The highest BCUT2D eigenvalue weighted by Gasteiger charge is 2.15. The summed E-state index contributed by atoms with van der Waals surface area (Å²) in [6.45, 7) is 4.06. The Labute approximate surface area is 156 Å². The summed E-state index contributed by atoms with van der Waals surface area (Å²) in [4.78, 5) is 14.1. The van der Waals surface area contributed by atoms with Crippen LogP contribution < -0.4 is 15.4 Å². The van der Waals surface area contributed by atoms with Crippen molar-refractivity contribution in [3.05, 3.63) is 47.7 Å². The van der Waals surface area contributed by atoms with Crippen LogP contribution in [0.4, 0.5) is 11.6 Å². The van der Waals surface area contributed by atoms with Crippen LogP contribution in [0, 0.1) is 6.92 Å². The summed E-state index contributed by atoms with van der Waals surface area (Å²) in [6, 6.07) is 8.13. The number of rotatable bonds is 5. The van der Waals surface area contributed by atoms with E-state index in [1.807, 2.05) is 17.8 Å². The summed E-state index contributed by atoms with van der Waals surface area (Å²) < 4.78 is 6.00. The average Bonchev–Trinajstić information content (AvgIpc) is 3.17. The van der Waals surface area contributed by atoms with Crippen molar-refractivity contribution in [1.29, 1.82) is 0 Å². The number of benzene rings is 1. The lowest BCUT2D eigenvalue weighted by atomic mass is 10.1. The highest BCUT2D eigenvalue weighted by atomic mass is 32.1. The molecule has 1 aliphatic heterocycles. The normalized spacial score (nSPS) is 15.0. The predicted molar refractivity (Wildman–Crippen MR) is 104 cm³/mol. The van der Waals surface area contributed by atoms with Crippen LogP contribution in [-0.2, 0) is 0 Å². The molecule has 1 aliphatic rings. The highest BCUT2D eigenvalue weighted by Crippen LogP contribution is 2.28. The van der Waals surface area contributed by atoms with Gasteiger partial charge in [-0.3, -0.25) is 4.98 Å². The van der Waals surface area contributed by atoms with Gasteiger partial charge in [-0.1, -0.05) is 6.07 Å². The first-order valence-electron chi connectivity index (χ1n) is 8.74. The zero-order valence-corrected chi connectivity index (χ0v) is 15.4. The molecule has 7 heteroatoms. The smallest absolute Gasteiger partial charge is 0.230 e. The molecule has 3 heterocycles. The number of nitrogens with zero attached hydrogens (tertiary/aromatic N) is 3. The monoisotopic (exact) mass is 367 g/mol. The molecule has 2 N–H and O–H groups in total. The van der Waals surface area contributed by atoms with Gasteiger partial charge in [0.25, 0.3) is 0 Å². The van der Waals surface area contributed by atoms with Gasteiger partial charge >= 0.3 is 0 Å². The summed E-state index contributed by atoms with van der Waals surface area (Å²) in [5, 5.41) is 6.63. The van der Waals surface area contributed by atoms with Crippen LogP contribution in [0.2, 0.25) is 0 Å². The molecule has 0 bridgehead atoms. The van der Waals surface area contributed by atoms with Crippen molar-refractivity contribution >= 4 is 23.0 Å². The molecule has 26 heavy (non-hydrogen) atoms. The molecule has 0 aliphatic carbocycles. The van der Waals surface area contributed by atoms with E-state index in [9.17, 15) is 0 Å². The Hall–Kier alpha value is -2.51. The van der Waals surface area contributed by atoms with E-state index in [1.165, 1.54) is 5.56 Å². The van der Waals surface area contributed by atoms with Gasteiger partial charge in [-0.05, 0) is 56.1 Å². The van der Waals surface area contributed by atoms with Crippen molar-refractivity contribution in [3.8, 4) is 16.3 Å². The molecule has 4 rings (SSSR count). The van der Waals surface area contributed by atoms with Crippen LogP contribution in [0.25, 0.3) is 10.4 Å². The molecule has 3 aromatic rings. The zero-order valence-electron chi connectivity index (χ0n) is 14.6. The largest absolute Gasteiger partial charge is 0.474 e. The van der Waals surface area contributed by atoms with Crippen molar-refractivity contribution in [1.82, 2.24) is 20.3 Å². The second kappa shape index (κ2) is 7.80. The second-order valence-corrected chi connectivity index (χ2v) is 7.25. The van der Waals surface area contributed by atoms with Gasteiger partial charge in [-0.15, -0.1) is 11.3 Å². The van der Waals surface area contributed by atoms with Crippen LogP contribution in [0.15, 0.2) is 42.2 Å². The van der Waals surface area contributed by atoms with Crippen LogP contribution in [0.3, 0.4) is 0 Å². The summed E-state index contributed by atoms with van der Waals surface area (Å²) in [7, 11) is 0. The molecule has 2 aromatic heterocycles. The first kappa shape index (κ1) is 16.9. The number of hydrogen-bond acceptors (Lipinski definition) is 7. The number of aryl methyl sites for hydroxylation is 1. The van der Waals surface area contributed by atoms with E-state index in [0.717, 1.165) is 42.1 Å². The minimum absolute atomic E-state index is 0.218. The molecule has 6 nitrogen and oxygen atoms in total. The van der Waals surface area contributed by atoms with E-state index in [4.69, 9.17) is 4.74 Å². The molecule has 0 amide bonds. The van der Waals surface area contributed by atoms with E-state index in [2.05, 4.69) is 50.7 Å². The fourth-order valence-corrected chi connectivity index (χ4v) is 3.65. The SMILES string of the molecule is Cc1cc(Nc2nccc(OC3CCNCC3)n2)cc(-c2cncs2)c1. The third-order valence-corrected chi connectivity index (χ3v) is 5.08. The van der Waals surface area contributed by atoms with Gasteiger partial charge in [0.05, 0.1) is 10.4 Å². The van der Waals surface area contributed by atoms with Gasteiger partial charge < -0.3 is 15.4 Å². The van der Waals surface area contributed by atoms with Gasteiger partial charge in [0.1, 0.15) is 6.10 Å². The first-order chi connectivity index (χ1) is 12.8. The van der Waals surface area contributed by atoms with Gasteiger partial charge in [0, 0.05) is 24.1 Å². The Kier molecular flexibility index (Phi) is 5.08. The number of hydrogen-bond donors (Lipinski definition) is 2. The third-order valence-electron chi connectivity index (χ3n) is 4.25. The van der Waals surface area contributed by atoms with E-state index in [1.54, 1.807) is 17.5 Å². The number of aromatic nitrogens is 3. The van der Waals surface area contributed by atoms with E-state index >= 15 is 0 Å². The number of ether oxygens (including phenoxy) is 1. The quantitative estimate of drug-likeness (QED) is 0.715. The maximum Gasteiger partial charge on any atom is 0.230 e. The molecule has 0 radical (unpaired) electrons. The minimum atomic E-state index is 0.218. The van der Waals surface area contributed by atoms with E-state index in [-0.39, 0.29) is 6.10 Å². The maximum absolute atomic E-state index is 6.00. The highest BCUT2D eigenvalue weighted by molar-refractivity contribution is 7.13. The fourth-order valence-electron chi connectivity index (χ4n) is 3.04. The van der Waals surface area contributed by atoms with E-state index < -0.39 is 0 Å². The first-order valence-corrected chi connectivity index (χ1v) is 9.62. The van der Waals surface area contributed by atoms with Gasteiger partial charge in [-0.25, -0.2) is 4.98 Å². The Bertz CT molecular complexity index is 862. The standard InChI is InChI=1S/C19H21N5OS/c1-13-8-14(17-11-21-12-26-17)10-15(9-13)23-19-22-7-4-18(24-19)25-16-2-5-20-6-3-16/h4,7-12,16,20H,2-3,5-6H2,1H3,(H,22,23,24). The molecular weight excluding hydrogens is 346 g/mol. The summed E-state index contributed by atoms with van der Waals surface area (Å²) in [5.74, 6) is 1.15. The lowest BCUT2D eigenvalue weighted by Gasteiger charge is -2.23. The number of nitrogens with one attached hydrogen (secondary N) is 2. The van der Waals surface area contributed by atoms with Crippen LogP contribution in [0.1, 0.15) is 18.4 Å². The Morgan fingerprint density at radius 1 is 1.23 bits per heavy atom. The van der Waals surface area contributed by atoms with Crippen LogP contribution >= 0.6 is 11.3 Å². The minimum Gasteiger partial charge on any atom is -0.474 e. The number of piperidine rings is 1.